The summed E-state index contributed by atoms with van der Waals surface area (Å²) in [6, 6.07) is 6.94. The predicted octanol–water partition coefficient (Wildman–Crippen LogP) is 2.26. The Balaban J connectivity index is 1.72. The molecular weight excluding hydrogens is 184 g/mol. The van der Waals surface area contributed by atoms with E-state index in [-0.39, 0.29) is 0 Å². The number of nitrogens with one attached hydrogen (secondary N) is 1. The molecule has 0 bridgehead atoms. The largest absolute Gasteiger partial charge is 0.399 e. The molecule has 1 aromatic carbocycles. The highest BCUT2D eigenvalue weighted by molar-refractivity contribution is 5.47. The minimum atomic E-state index is 0.584. The van der Waals surface area contributed by atoms with Crippen molar-refractivity contribution in [3.63, 3.8) is 0 Å². The van der Waals surface area contributed by atoms with Crippen molar-refractivity contribution in [3.8, 4) is 0 Å². The molecule has 1 saturated carbocycles. The fourth-order valence-corrected chi connectivity index (χ4v) is 2.48. The van der Waals surface area contributed by atoms with Crippen LogP contribution in [0.4, 0.5) is 5.69 Å². The minimum absolute atomic E-state index is 0.584. The van der Waals surface area contributed by atoms with Crippen molar-refractivity contribution in [2.45, 2.75) is 31.7 Å². The van der Waals surface area contributed by atoms with Gasteiger partial charge in [0, 0.05) is 11.7 Å². The third-order valence-corrected chi connectivity index (χ3v) is 3.59. The Morgan fingerprint density at radius 1 is 1.27 bits per heavy atom. The van der Waals surface area contributed by atoms with Crippen molar-refractivity contribution in [2.24, 2.45) is 5.92 Å². The molecule has 0 spiro atoms. The van der Waals surface area contributed by atoms with E-state index in [1.807, 2.05) is 6.07 Å². The summed E-state index contributed by atoms with van der Waals surface area (Å²) in [6.45, 7) is 1.20. The Hall–Kier alpha value is -1.02. The maximum Gasteiger partial charge on any atom is 0.0326 e. The van der Waals surface area contributed by atoms with E-state index in [2.05, 4.69) is 17.4 Å². The second-order valence-corrected chi connectivity index (χ2v) is 4.90. The SMILES string of the molecule is Nc1ccc2c(c1)CCC2NCC1CC1. The Labute approximate surface area is 90.9 Å². The summed E-state index contributed by atoms with van der Waals surface area (Å²) in [5.74, 6) is 0.961. The van der Waals surface area contributed by atoms with Gasteiger partial charge < -0.3 is 11.1 Å². The minimum Gasteiger partial charge on any atom is -0.399 e. The van der Waals surface area contributed by atoms with Gasteiger partial charge in [0.2, 0.25) is 0 Å². The molecule has 15 heavy (non-hydrogen) atoms. The van der Waals surface area contributed by atoms with Crippen LogP contribution < -0.4 is 11.1 Å². The first kappa shape index (κ1) is 9.22. The highest BCUT2D eigenvalue weighted by Gasteiger charge is 2.26. The Morgan fingerprint density at radius 2 is 2.13 bits per heavy atom. The van der Waals surface area contributed by atoms with Crippen LogP contribution in [0.3, 0.4) is 0 Å². The van der Waals surface area contributed by atoms with E-state index in [9.17, 15) is 0 Å². The lowest BCUT2D eigenvalue weighted by atomic mass is 10.1. The third-order valence-electron chi connectivity index (χ3n) is 3.59. The maximum atomic E-state index is 5.79. The third kappa shape index (κ3) is 1.86. The molecule has 0 aliphatic heterocycles. The normalized spacial score (nSPS) is 24.1. The predicted molar refractivity (Wildman–Crippen MR) is 62.6 cm³/mol. The van der Waals surface area contributed by atoms with E-state index in [0.29, 0.717) is 6.04 Å². The Kier molecular flexibility index (Phi) is 2.17. The molecular formula is C13H18N2. The van der Waals surface area contributed by atoms with Gasteiger partial charge in [-0.2, -0.15) is 0 Å². The van der Waals surface area contributed by atoms with Gasteiger partial charge in [-0.1, -0.05) is 6.07 Å². The van der Waals surface area contributed by atoms with Gasteiger partial charge in [-0.25, -0.2) is 0 Å². The monoisotopic (exact) mass is 202 g/mol. The lowest BCUT2D eigenvalue weighted by molar-refractivity contribution is 0.512. The molecule has 3 N–H and O–H groups in total. The number of nitrogen functional groups attached to an aromatic ring is 1. The van der Waals surface area contributed by atoms with E-state index in [1.165, 1.54) is 43.4 Å². The number of nitrogens with two attached hydrogens (primary N) is 1. The standard InChI is InChI=1S/C13H18N2/c14-11-4-5-12-10(7-11)3-6-13(12)15-8-9-1-2-9/h4-5,7,9,13,15H,1-3,6,8,14H2. The van der Waals surface area contributed by atoms with Crippen LogP contribution in [-0.4, -0.2) is 6.54 Å². The Morgan fingerprint density at radius 3 is 2.93 bits per heavy atom. The van der Waals surface area contributed by atoms with Crippen molar-refractivity contribution >= 4 is 5.69 Å². The summed E-state index contributed by atoms with van der Waals surface area (Å²) < 4.78 is 0. The van der Waals surface area contributed by atoms with Crippen LogP contribution in [0.25, 0.3) is 0 Å². The van der Waals surface area contributed by atoms with Crippen molar-refractivity contribution in [1.82, 2.24) is 5.32 Å². The van der Waals surface area contributed by atoms with Crippen LogP contribution in [0, 0.1) is 5.92 Å². The van der Waals surface area contributed by atoms with Crippen molar-refractivity contribution in [2.75, 3.05) is 12.3 Å². The van der Waals surface area contributed by atoms with E-state index in [0.717, 1.165) is 11.6 Å². The average molecular weight is 202 g/mol. The smallest absolute Gasteiger partial charge is 0.0326 e. The number of rotatable bonds is 3. The van der Waals surface area contributed by atoms with Crippen LogP contribution in [0.2, 0.25) is 0 Å². The zero-order valence-electron chi connectivity index (χ0n) is 9.00. The zero-order chi connectivity index (χ0) is 10.3. The summed E-state index contributed by atoms with van der Waals surface area (Å²) in [4.78, 5) is 0. The molecule has 0 heterocycles. The molecule has 2 aliphatic carbocycles. The summed E-state index contributed by atoms with van der Waals surface area (Å²) in [5, 5.41) is 3.68. The molecule has 0 aromatic heterocycles. The summed E-state index contributed by atoms with van der Waals surface area (Å²) in [7, 11) is 0. The van der Waals surface area contributed by atoms with E-state index < -0.39 is 0 Å². The first-order chi connectivity index (χ1) is 7.33. The maximum absolute atomic E-state index is 5.79. The van der Waals surface area contributed by atoms with Crippen LogP contribution in [0.1, 0.15) is 36.4 Å². The fourth-order valence-electron chi connectivity index (χ4n) is 2.48. The Bertz CT molecular complexity index is 369. The summed E-state index contributed by atoms with van der Waals surface area (Å²) in [6.07, 6.45) is 5.27. The average Bonchev–Trinajstić information content (AvgIpc) is 2.97. The van der Waals surface area contributed by atoms with Crippen LogP contribution in [-0.2, 0) is 6.42 Å². The first-order valence-corrected chi connectivity index (χ1v) is 5.94. The molecule has 1 atom stereocenters. The zero-order valence-corrected chi connectivity index (χ0v) is 9.00. The van der Waals surface area contributed by atoms with Crippen molar-refractivity contribution in [1.29, 1.82) is 0 Å². The number of benzene rings is 1. The molecule has 3 rings (SSSR count). The lowest BCUT2D eigenvalue weighted by Gasteiger charge is -2.13. The lowest BCUT2D eigenvalue weighted by Crippen LogP contribution is -2.21. The molecule has 2 nitrogen and oxygen atoms in total. The van der Waals surface area contributed by atoms with Crippen molar-refractivity contribution in [3.05, 3.63) is 29.3 Å². The van der Waals surface area contributed by atoms with E-state index in [1.54, 1.807) is 0 Å². The highest BCUT2D eigenvalue weighted by Crippen LogP contribution is 2.34. The van der Waals surface area contributed by atoms with Gasteiger partial charge in [-0.15, -0.1) is 0 Å². The number of fused-ring (bicyclic) bond motifs is 1. The molecule has 1 unspecified atom stereocenters. The van der Waals surface area contributed by atoms with E-state index >= 15 is 0 Å². The first-order valence-electron chi connectivity index (χ1n) is 5.94. The molecule has 0 radical (unpaired) electrons. The van der Waals surface area contributed by atoms with Gasteiger partial charge in [0.05, 0.1) is 0 Å². The number of anilines is 1. The van der Waals surface area contributed by atoms with Crippen molar-refractivity contribution < 1.29 is 0 Å². The van der Waals surface area contributed by atoms with Gasteiger partial charge >= 0.3 is 0 Å². The van der Waals surface area contributed by atoms with Gasteiger partial charge in [0.15, 0.2) is 0 Å². The van der Waals surface area contributed by atoms with Gasteiger partial charge in [0.1, 0.15) is 0 Å². The quantitative estimate of drug-likeness (QED) is 0.738. The van der Waals surface area contributed by atoms with Gasteiger partial charge in [-0.05, 0) is 61.4 Å². The topological polar surface area (TPSA) is 38.0 Å². The number of hydrogen-bond acceptors (Lipinski definition) is 2. The molecule has 0 saturated heterocycles. The fraction of sp³-hybridized carbons (Fsp3) is 0.538. The van der Waals surface area contributed by atoms with Crippen LogP contribution >= 0.6 is 0 Å². The number of aryl methyl sites for hydroxylation is 1. The number of hydrogen-bond donors (Lipinski definition) is 2. The van der Waals surface area contributed by atoms with Gasteiger partial charge in [0.25, 0.3) is 0 Å². The molecule has 1 fully saturated rings. The highest BCUT2D eigenvalue weighted by atomic mass is 14.9. The molecule has 80 valence electrons. The van der Waals surface area contributed by atoms with Crippen LogP contribution in [0.15, 0.2) is 18.2 Å². The summed E-state index contributed by atoms with van der Waals surface area (Å²) >= 11 is 0. The van der Waals surface area contributed by atoms with Gasteiger partial charge in [-0.3, -0.25) is 0 Å². The summed E-state index contributed by atoms with van der Waals surface area (Å²) in [5.41, 5.74) is 9.61. The van der Waals surface area contributed by atoms with E-state index in [4.69, 9.17) is 5.73 Å². The molecule has 2 aliphatic rings. The van der Waals surface area contributed by atoms with Crippen LogP contribution in [0.5, 0.6) is 0 Å². The second kappa shape index (κ2) is 3.53. The second-order valence-electron chi connectivity index (χ2n) is 4.90. The molecule has 1 aromatic rings. The molecule has 2 heteroatoms. The molecule has 0 amide bonds.